The van der Waals surface area contributed by atoms with Crippen molar-refractivity contribution >= 4 is 17.8 Å². The standard InChI is InChI=1S/C29H38N2O6/c1-18-23(14-16-25(32)35-7)26(28(34)37-29(4,5)6)31-24(18)15-13-22(19(2)27(30)33)20(3)36-17-21-11-9-8-10-12-21/h8-12,19-20,22,31H,14,16-17H2,1-7H3,(H2,30,33)/t19-,20+,22+/m1/s1. The first-order chi connectivity index (χ1) is 17.3. The monoisotopic (exact) mass is 510 g/mol. The van der Waals surface area contributed by atoms with E-state index in [9.17, 15) is 14.4 Å². The minimum absolute atomic E-state index is 0.101. The zero-order valence-corrected chi connectivity index (χ0v) is 22.8. The summed E-state index contributed by atoms with van der Waals surface area (Å²) in [5.74, 6) is 3.77. The Labute approximate surface area is 219 Å². The summed E-state index contributed by atoms with van der Waals surface area (Å²) in [4.78, 5) is 39.8. The summed E-state index contributed by atoms with van der Waals surface area (Å²) in [5.41, 5.74) is 8.02. The number of aromatic nitrogens is 1. The fourth-order valence-electron chi connectivity index (χ4n) is 3.79. The average Bonchev–Trinajstić information content (AvgIpc) is 3.16. The summed E-state index contributed by atoms with van der Waals surface area (Å²) in [7, 11) is 1.32. The molecule has 37 heavy (non-hydrogen) atoms. The number of amides is 1. The molecule has 1 amide bonds. The zero-order chi connectivity index (χ0) is 27.8. The molecular weight excluding hydrogens is 472 g/mol. The third kappa shape index (κ3) is 8.80. The highest BCUT2D eigenvalue weighted by Crippen LogP contribution is 2.24. The molecule has 1 aromatic heterocycles. The van der Waals surface area contributed by atoms with Crippen LogP contribution in [-0.4, -0.2) is 41.6 Å². The molecule has 200 valence electrons. The lowest BCUT2D eigenvalue weighted by Gasteiger charge is -2.23. The third-order valence-corrected chi connectivity index (χ3v) is 6.00. The molecule has 2 aromatic rings. The quantitative estimate of drug-likeness (QED) is 0.367. The highest BCUT2D eigenvalue weighted by Gasteiger charge is 2.28. The van der Waals surface area contributed by atoms with Crippen molar-refractivity contribution in [2.75, 3.05) is 7.11 Å². The number of rotatable bonds is 10. The molecule has 0 aliphatic heterocycles. The number of primary amides is 1. The van der Waals surface area contributed by atoms with Gasteiger partial charge in [-0.15, -0.1) is 0 Å². The number of benzene rings is 1. The largest absolute Gasteiger partial charge is 0.469 e. The first-order valence-electron chi connectivity index (χ1n) is 12.3. The summed E-state index contributed by atoms with van der Waals surface area (Å²) in [5, 5.41) is 0. The van der Waals surface area contributed by atoms with Gasteiger partial charge in [-0.1, -0.05) is 43.2 Å². The second kappa shape index (κ2) is 13.1. The number of methoxy groups -OCH3 is 1. The summed E-state index contributed by atoms with van der Waals surface area (Å²) < 4.78 is 16.3. The Morgan fingerprint density at radius 3 is 2.32 bits per heavy atom. The van der Waals surface area contributed by atoms with E-state index < -0.39 is 35.4 Å². The number of hydrogen-bond donors (Lipinski definition) is 2. The van der Waals surface area contributed by atoms with Gasteiger partial charge in [0.05, 0.1) is 37.4 Å². The highest BCUT2D eigenvalue weighted by molar-refractivity contribution is 5.90. The Bertz CT molecular complexity index is 1150. The first kappa shape index (κ1) is 29.7. The van der Waals surface area contributed by atoms with Crippen LogP contribution in [-0.2, 0) is 36.8 Å². The van der Waals surface area contributed by atoms with Crippen LogP contribution in [0.25, 0.3) is 0 Å². The molecule has 0 saturated carbocycles. The molecule has 8 nitrogen and oxygen atoms in total. The van der Waals surface area contributed by atoms with E-state index in [4.69, 9.17) is 19.9 Å². The van der Waals surface area contributed by atoms with Crippen molar-refractivity contribution in [3.8, 4) is 11.8 Å². The Kier molecular flexibility index (Phi) is 10.5. The fourth-order valence-corrected chi connectivity index (χ4v) is 3.79. The second-order valence-electron chi connectivity index (χ2n) is 10.0. The summed E-state index contributed by atoms with van der Waals surface area (Å²) >= 11 is 0. The third-order valence-electron chi connectivity index (χ3n) is 6.00. The van der Waals surface area contributed by atoms with Crippen molar-refractivity contribution in [2.24, 2.45) is 17.6 Å². The van der Waals surface area contributed by atoms with Gasteiger partial charge in [0.25, 0.3) is 0 Å². The van der Waals surface area contributed by atoms with Gasteiger partial charge < -0.3 is 24.9 Å². The van der Waals surface area contributed by atoms with Gasteiger partial charge in [-0.05, 0) is 63.7 Å². The summed E-state index contributed by atoms with van der Waals surface area (Å²) in [6.07, 6.45) is -0.0124. The Balaban J connectivity index is 2.40. The minimum Gasteiger partial charge on any atom is -0.469 e. The molecule has 0 bridgehead atoms. The Morgan fingerprint density at radius 2 is 1.76 bits per heavy atom. The lowest BCUT2D eigenvalue weighted by atomic mass is 9.89. The number of esters is 2. The van der Waals surface area contributed by atoms with Gasteiger partial charge in [0, 0.05) is 6.42 Å². The van der Waals surface area contributed by atoms with Crippen molar-refractivity contribution in [1.29, 1.82) is 0 Å². The number of ether oxygens (including phenoxy) is 3. The molecule has 0 spiro atoms. The molecule has 3 atom stereocenters. The van der Waals surface area contributed by atoms with Crippen molar-refractivity contribution < 1.29 is 28.6 Å². The van der Waals surface area contributed by atoms with Crippen LogP contribution < -0.4 is 5.73 Å². The van der Waals surface area contributed by atoms with Crippen LogP contribution in [0.3, 0.4) is 0 Å². The molecule has 1 heterocycles. The van der Waals surface area contributed by atoms with E-state index in [0.717, 1.165) is 11.1 Å². The molecule has 0 aliphatic rings. The van der Waals surface area contributed by atoms with E-state index >= 15 is 0 Å². The van der Waals surface area contributed by atoms with Crippen LogP contribution in [0.15, 0.2) is 30.3 Å². The van der Waals surface area contributed by atoms with Gasteiger partial charge in [0.1, 0.15) is 11.3 Å². The van der Waals surface area contributed by atoms with Gasteiger partial charge >= 0.3 is 11.9 Å². The molecule has 0 aliphatic carbocycles. The van der Waals surface area contributed by atoms with Crippen LogP contribution in [0.1, 0.15) is 73.9 Å². The molecule has 2 rings (SSSR count). The van der Waals surface area contributed by atoms with Crippen LogP contribution in [0, 0.1) is 30.6 Å². The summed E-state index contributed by atoms with van der Waals surface area (Å²) in [6, 6.07) is 9.71. The Morgan fingerprint density at radius 1 is 1.11 bits per heavy atom. The average molecular weight is 511 g/mol. The van der Waals surface area contributed by atoms with E-state index in [1.54, 1.807) is 27.7 Å². The van der Waals surface area contributed by atoms with Crippen LogP contribution >= 0.6 is 0 Å². The van der Waals surface area contributed by atoms with Gasteiger partial charge in [-0.25, -0.2) is 4.79 Å². The van der Waals surface area contributed by atoms with Crippen LogP contribution in [0.5, 0.6) is 0 Å². The zero-order valence-electron chi connectivity index (χ0n) is 22.8. The maximum absolute atomic E-state index is 12.9. The van der Waals surface area contributed by atoms with Crippen LogP contribution in [0.4, 0.5) is 0 Å². The molecule has 3 N–H and O–H groups in total. The molecule has 0 saturated heterocycles. The van der Waals surface area contributed by atoms with Gasteiger partial charge in [0.15, 0.2) is 0 Å². The lowest BCUT2D eigenvalue weighted by molar-refractivity contribution is -0.140. The smallest absolute Gasteiger partial charge is 0.355 e. The predicted octanol–water partition coefficient (Wildman–Crippen LogP) is 4.08. The number of carbonyl (C=O) groups excluding carboxylic acids is 3. The van der Waals surface area contributed by atoms with Crippen molar-refractivity contribution in [3.63, 3.8) is 0 Å². The first-order valence-corrected chi connectivity index (χ1v) is 12.3. The molecule has 0 unspecified atom stereocenters. The Hall–Kier alpha value is -3.57. The van der Waals surface area contributed by atoms with E-state index in [1.807, 2.05) is 44.2 Å². The van der Waals surface area contributed by atoms with E-state index in [2.05, 4.69) is 16.8 Å². The highest BCUT2D eigenvalue weighted by atomic mass is 16.6. The van der Waals surface area contributed by atoms with E-state index in [0.29, 0.717) is 17.9 Å². The minimum atomic E-state index is -0.699. The second-order valence-corrected chi connectivity index (χ2v) is 10.0. The van der Waals surface area contributed by atoms with Gasteiger partial charge in [-0.3, -0.25) is 9.59 Å². The number of nitrogens with one attached hydrogen (secondary N) is 1. The SMILES string of the molecule is COC(=O)CCc1c(C(=O)OC(C)(C)C)[nH]c(C#C[C@H]([C@H](C)OCc2ccccc2)[C@@H](C)C(N)=O)c1C. The molecule has 1 aromatic carbocycles. The molecular formula is C29H38N2O6. The maximum Gasteiger partial charge on any atom is 0.355 e. The molecule has 0 fully saturated rings. The van der Waals surface area contributed by atoms with E-state index in [-0.39, 0.29) is 24.5 Å². The number of nitrogens with two attached hydrogens (primary N) is 1. The number of H-pyrrole nitrogens is 1. The predicted molar refractivity (Wildman–Crippen MR) is 140 cm³/mol. The number of aromatic amines is 1. The number of hydrogen-bond acceptors (Lipinski definition) is 6. The lowest BCUT2D eigenvalue weighted by Crippen LogP contribution is -2.34. The fraction of sp³-hybridized carbons (Fsp3) is 0.483. The van der Waals surface area contributed by atoms with Gasteiger partial charge in [0.2, 0.25) is 5.91 Å². The number of carbonyl (C=O) groups is 3. The normalized spacial score (nSPS) is 13.6. The van der Waals surface area contributed by atoms with Crippen molar-refractivity contribution in [2.45, 2.75) is 72.7 Å². The maximum atomic E-state index is 12.9. The molecule has 8 heteroatoms. The van der Waals surface area contributed by atoms with Crippen molar-refractivity contribution in [3.05, 3.63) is 58.4 Å². The molecule has 0 radical (unpaired) electrons. The van der Waals surface area contributed by atoms with Gasteiger partial charge in [-0.2, -0.15) is 0 Å². The van der Waals surface area contributed by atoms with Crippen LogP contribution in [0.2, 0.25) is 0 Å². The van der Waals surface area contributed by atoms with Crippen molar-refractivity contribution in [1.82, 2.24) is 4.98 Å². The van der Waals surface area contributed by atoms with E-state index in [1.165, 1.54) is 7.11 Å². The summed E-state index contributed by atoms with van der Waals surface area (Å²) in [6.45, 7) is 11.1. The topological polar surface area (TPSA) is 121 Å².